The van der Waals surface area contributed by atoms with Crippen molar-refractivity contribution in [3.05, 3.63) is 102 Å². The summed E-state index contributed by atoms with van der Waals surface area (Å²) in [6, 6.07) is 21.0. The number of rotatable bonds is 5. The van der Waals surface area contributed by atoms with E-state index in [2.05, 4.69) is 9.97 Å². The van der Waals surface area contributed by atoms with Crippen LogP contribution in [0.1, 0.15) is 40.2 Å². The molecule has 0 unspecified atom stereocenters. The van der Waals surface area contributed by atoms with Gasteiger partial charge in [0.15, 0.2) is 9.84 Å². The number of carbonyl (C=O) groups excluding carboxylic acids is 1. The molecule has 1 amide bonds. The Labute approximate surface area is 210 Å². The molecule has 1 aliphatic rings. The maximum absolute atomic E-state index is 13.1. The number of nitrogens with zero attached hydrogens (tertiary/aromatic N) is 3. The van der Waals surface area contributed by atoms with Crippen molar-refractivity contribution in [3.8, 4) is 0 Å². The summed E-state index contributed by atoms with van der Waals surface area (Å²) in [6.45, 7) is 2.71. The molecule has 0 atom stereocenters. The van der Waals surface area contributed by atoms with Gasteiger partial charge in [-0.2, -0.15) is 0 Å². The highest BCUT2D eigenvalue weighted by Crippen LogP contribution is 2.32. The van der Waals surface area contributed by atoms with Crippen molar-refractivity contribution in [3.63, 3.8) is 0 Å². The predicted molar refractivity (Wildman–Crippen MR) is 137 cm³/mol. The van der Waals surface area contributed by atoms with Crippen molar-refractivity contribution in [1.29, 1.82) is 0 Å². The average Bonchev–Trinajstić information content (AvgIpc) is 2.88. The van der Waals surface area contributed by atoms with Crippen LogP contribution in [0.5, 0.6) is 0 Å². The second-order valence-corrected chi connectivity index (χ2v) is 11.2. The SMILES string of the molecule is Cc1cccc(C2(O)CCN(C(=O)c3ccc(CS(=O)(=O)c4cccc5cccnc45)cc3)CC2)n1. The molecule has 1 aliphatic heterocycles. The number of hydrogen-bond acceptors (Lipinski definition) is 6. The number of likely N-dealkylation sites (tertiary alicyclic amines) is 1. The van der Waals surface area contributed by atoms with E-state index in [9.17, 15) is 18.3 Å². The van der Waals surface area contributed by atoms with Gasteiger partial charge in [0.2, 0.25) is 0 Å². The molecule has 5 rings (SSSR count). The van der Waals surface area contributed by atoms with Gasteiger partial charge in [0.1, 0.15) is 5.60 Å². The quantitative estimate of drug-likeness (QED) is 0.443. The maximum Gasteiger partial charge on any atom is 0.253 e. The first-order chi connectivity index (χ1) is 17.2. The number of amides is 1. The highest BCUT2D eigenvalue weighted by Gasteiger charge is 2.36. The van der Waals surface area contributed by atoms with Gasteiger partial charge in [-0.05, 0) is 61.7 Å². The van der Waals surface area contributed by atoms with Crippen molar-refractivity contribution in [2.45, 2.75) is 36.0 Å². The van der Waals surface area contributed by atoms with Crippen LogP contribution in [0.25, 0.3) is 10.9 Å². The Kier molecular flexibility index (Phi) is 6.32. The highest BCUT2D eigenvalue weighted by atomic mass is 32.2. The molecule has 0 saturated carbocycles. The van der Waals surface area contributed by atoms with Gasteiger partial charge in [-0.15, -0.1) is 0 Å². The fourth-order valence-corrected chi connectivity index (χ4v) is 6.23. The third-order valence-electron chi connectivity index (χ3n) is 6.73. The second kappa shape index (κ2) is 9.44. The van der Waals surface area contributed by atoms with Crippen LogP contribution >= 0.6 is 0 Å². The van der Waals surface area contributed by atoms with Crippen molar-refractivity contribution < 1.29 is 18.3 Å². The van der Waals surface area contributed by atoms with Gasteiger partial charge in [0.25, 0.3) is 5.91 Å². The van der Waals surface area contributed by atoms with E-state index in [1.54, 1.807) is 53.6 Å². The largest absolute Gasteiger partial charge is 0.383 e. The number of aliphatic hydroxyl groups is 1. The molecule has 7 nitrogen and oxygen atoms in total. The van der Waals surface area contributed by atoms with Crippen molar-refractivity contribution >= 4 is 26.6 Å². The molecule has 2 aromatic heterocycles. The van der Waals surface area contributed by atoms with Crippen LogP contribution in [0.15, 0.2) is 83.9 Å². The standard InChI is InChI=1S/C28H27N3O4S/c1-20-5-2-9-25(30-20)28(33)14-17-31(18-15-28)27(32)23-12-10-21(11-13-23)19-36(34,35)24-8-3-6-22-7-4-16-29-26(22)24/h2-13,16,33H,14-15,17-19H2,1H3. The van der Waals surface area contributed by atoms with Gasteiger partial charge in [-0.1, -0.05) is 36.4 Å². The zero-order valence-corrected chi connectivity index (χ0v) is 20.8. The molecule has 0 aliphatic carbocycles. The zero-order valence-electron chi connectivity index (χ0n) is 20.0. The predicted octanol–water partition coefficient (Wildman–Crippen LogP) is 4.04. The van der Waals surface area contributed by atoms with Crippen LogP contribution in [0.4, 0.5) is 0 Å². The lowest BCUT2D eigenvalue weighted by Gasteiger charge is -2.38. The first-order valence-electron chi connectivity index (χ1n) is 11.9. The fraction of sp³-hybridized carbons (Fsp3) is 0.250. The van der Waals surface area contributed by atoms with Gasteiger partial charge < -0.3 is 10.0 Å². The Bertz CT molecular complexity index is 1520. The molecule has 4 aromatic rings. The number of carbonyl (C=O) groups is 1. The number of hydrogen-bond donors (Lipinski definition) is 1. The summed E-state index contributed by atoms with van der Waals surface area (Å²) in [7, 11) is -3.63. The van der Waals surface area contributed by atoms with E-state index in [1.165, 1.54) is 0 Å². The fourth-order valence-electron chi connectivity index (χ4n) is 4.69. The lowest BCUT2D eigenvalue weighted by Crippen LogP contribution is -2.45. The van der Waals surface area contributed by atoms with E-state index < -0.39 is 15.4 Å². The molecular weight excluding hydrogens is 474 g/mol. The van der Waals surface area contributed by atoms with Crippen LogP contribution in [0, 0.1) is 6.92 Å². The molecule has 8 heteroatoms. The first kappa shape index (κ1) is 24.1. The molecule has 0 spiro atoms. The molecule has 1 fully saturated rings. The van der Waals surface area contributed by atoms with E-state index in [0.717, 1.165) is 11.1 Å². The van der Waals surface area contributed by atoms with E-state index in [4.69, 9.17) is 0 Å². The number of fused-ring (bicyclic) bond motifs is 1. The van der Waals surface area contributed by atoms with Crippen LogP contribution in [-0.4, -0.2) is 47.4 Å². The minimum absolute atomic E-state index is 0.137. The van der Waals surface area contributed by atoms with Crippen molar-refractivity contribution in [2.75, 3.05) is 13.1 Å². The number of benzene rings is 2. The van der Waals surface area contributed by atoms with E-state index in [-0.39, 0.29) is 16.6 Å². The minimum Gasteiger partial charge on any atom is -0.383 e. The molecule has 2 aromatic carbocycles. The van der Waals surface area contributed by atoms with Gasteiger partial charge in [0, 0.05) is 35.9 Å². The van der Waals surface area contributed by atoms with E-state index >= 15 is 0 Å². The monoisotopic (exact) mass is 501 g/mol. The third kappa shape index (κ3) is 4.74. The summed E-state index contributed by atoms with van der Waals surface area (Å²) in [5.41, 5.74) is 1.98. The van der Waals surface area contributed by atoms with Gasteiger partial charge >= 0.3 is 0 Å². The summed E-state index contributed by atoms with van der Waals surface area (Å²) in [6.07, 6.45) is 2.40. The summed E-state index contributed by atoms with van der Waals surface area (Å²) >= 11 is 0. The van der Waals surface area contributed by atoms with Crippen LogP contribution in [0.3, 0.4) is 0 Å². The van der Waals surface area contributed by atoms with Gasteiger partial charge in [-0.3, -0.25) is 14.8 Å². The van der Waals surface area contributed by atoms with E-state index in [1.807, 2.05) is 37.3 Å². The molecule has 184 valence electrons. The molecule has 3 heterocycles. The highest BCUT2D eigenvalue weighted by molar-refractivity contribution is 7.90. The Balaban J connectivity index is 1.27. The normalized spacial score (nSPS) is 15.7. The smallest absolute Gasteiger partial charge is 0.253 e. The lowest BCUT2D eigenvalue weighted by atomic mass is 9.87. The van der Waals surface area contributed by atoms with Crippen LogP contribution in [0.2, 0.25) is 0 Å². The lowest BCUT2D eigenvalue weighted by molar-refractivity contribution is -0.0245. The number of piperidine rings is 1. The number of aromatic nitrogens is 2. The topological polar surface area (TPSA) is 100 Å². The summed E-state index contributed by atoms with van der Waals surface area (Å²) in [5, 5.41) is 11.8. The molecule has 0 radical (unpaired) electrons. The van der Waals surface area contributed by atoms with Crippen LogP contribution in [-0.2, 0) is 21.2 Å². The molecule has 1 N–H and O–H groups in total. The number of sulfone groups is 1. The van der Waals surface area contributed by atoms with Crippen molar-refractivity contribution in [2.24, 2.45) is 0 Å². The zero-order chi connectivity index (χ0) is 25.3. The maximum atomic E-state index is 13.1. The van der Waals surface area contributed by atoms with E-state index in [0.29, 0.717) is 48.3 Å². The Morgan fingerprint density at radius 2 is 1.67 bits per heavy atom. The first-order valence-corrected chi connectivity index (χ1v) is 13.5. The average molecular weight is 502 g/mol. The van der Waals surface area contributed by atoms with Crippen LogP contribution < -0.4 is 0 Å². The third-order valence-corrected chi connectivity index (χ3v) is 8.44. The summed E-state index contributed by atoms with van der Waals surface area (Å²) < 4.78 is 26.3. The summed E-state index contributed by atoms with van der Waals surface area (Å²) in [4.78, 5) is 23.7. The Morgan fingerprint density at radius 3 is 2.39 bits per heavy atom. The van der Waals surface area contributed by atoms with Gasteiger partial charge in [0.05, 0.1) is 21.9 Å². The number of pyridine rings is 2. The number of para-hydroxylation sites is 1. The number of aryl methyl sites for hydroxylation is 1. The van der Waals surface area contributed by atoms with Gasteiger partial charge in [-0.25, -0.2) is 8.42 Å². The minimum atomic E-state index is -3.63. The summed E-state index contributed by atoms with van der Waals surface area (Å²) in [5.74, 6) is -0.320. The second-order valence-electron chi connectivity index (χ2n) is 9.28. The molecule has 0 bridgehead atoms. The van der Waals surface area contributed by atoms with Crippen molar-refractivity contribution in [1.82, 2.24) is 14.9 Å². The Hall–Kier alpha value is -3.62. The molecule has 36 heavy (non-hydrogen) atoms. The molecule has 1 saturated heterocycles. The Morgan fingerprint density at radius 1 is 0.972 bits per heavy atom. The molecular formula is C28H27N3O4S.